The van der Waals surface area contributed by atoms with Crippen molar-refractivity contribution >= 4 is 46.6 Å². The van der Waals surface area contributed by atoms with Gasteiger partial charge >= 0.3 is 0 Å². The Hall–Kier alpha value is -6.31. The first kappa shape index (κ1) is 51.5. The molecule has 14 nitrogen and oxygen atoms in total. The lowest BCUT2D eigenvalue weighted by molar-refractivity contribution is -0.164. The Labute approximate surface area is 418 Å². The number of benzene rings is 4. The van der Waals surface area contributed by atoms with Gasteiger partial charge in [0, 0.05) is 48.0 Å². The number of thiazole rings is 1. The molecule has 4 N–H and O–H groups in total. The molecule has 1 saturated carbocycles. The summed E-state index contributed by atoms with van der Waals surface area (Å²) in [5, 5.41) is 29.2. The fourth-order valence-corrected chi connectivity index (χ4v) is 10.7. The number of hydrogen-bond donors (Lipinski definition) is 4. The monoisotopic (exact) mass is 988 g/mol. The number of nitriles is 1. The largest absolute Gasteiger partial charge is 0.489 e. The van der Waals surface area contributed by atoms with Gasteiger partial charge in [0.1, 0.15) is 48.1 Å². The van der Waals surface area contributed by atoms with Gasteiger partial charge in [0.05, 0.1) is 38.9 Å². The van der Waals surface area contributed by atoms with Crippen LogP contribution in [0.2, 0.25) is 5.02 Å². The number of β-amino-alcohol motifs (C(OH)–C–C–N with tert-alkyl or cyclic N) is 1. The first-order valence-corrected chi connectivity index (χ1v) is 24.5. The molecule has 4 aromatic carbocycles. The van der Waals surface area contributed by atoms with Crippen LogP contribution in [0.4, 0.5) is 0 Å². The molecule has 0 spiro atoms. The van der Waals surface area contributed by atoms with Crippen molar-refractivity contribution < 1.29 is 38.5 Å². The topological polar surface area (TPSA) is 192 Å². The lowest BCUT2D eigenvalue weighted by Gasteiger charge is -2.63. The molecule has 4 atom stereocenters. The fourth-order valence-electron chi connectivity index (χ4n) is 9.71. The summed E-state index contributed by atoms with van der Waals surface area (Å²) >= 11 is 7.81. The minimum absolute atomic E-state index is 0.0338. The van der Waals surface area contributed by atoms with Crippen LogP contribution in [-0.4, -0.2) is 82.1 Å². The van der Waals surface area contributed by atoms with Gasteiger partial charge in [-0.1, -0.05) is 96.5 Å². The predicted octanol–water partition coefficient (Wildman–Crippen LogP) is 8.93. The second-order valence-corrected chi connectivity index (χ2v) is 21.7. The third kappa shape index (κ3) is 11.5. The lowest BCUT2D eigenvalue weighted by Crippen LogP contribution is -2.74. The number of nitrogens with zero attached hydrogens (tertiary/aromatic N) is 3. The minimum atomic E-state index is -1.00. The van der Waals surface area contributed by atoms with E-state index in [2.05, 4.69) is 54.7 Å². The van der Waals surface area contributed by atoms with Crippen LogP contribution < -0.4 is 25.4 Å². The first-order chi connectivity index (χ1) is 33.1. The van der Waals surface area contributed by atoms with E-state index in [4.69, 9.17) is 25.8 Å². The van der Waals surface area contributed by atoms with E-state index in [9.17, 15) is 29.5 Å². The number of carbonyl (C=O) groups is 4. The number of hydrogen-bond acceptors (Lipinski definition) is 11. The quantitative estimate of drug-likeness (QED) is 0.0742. The maximum Gasteiger partial charge on any atom is 0.251 e. The summed E-state index contributed by atoms with van der Waals surface area (Å²) in [6.45, 7) is 17.3. The van der Waals surface area contributed by atoms with Gasteiger partial charge in [0.25, 0.3) is 5.91 Å². The fraction of sp³-hybridized carbons (Fsp3) is 0.407. The number of aliphatic hydroxyl groups excluding tert-OH is 1. The molecule has 0 bridgehead atoms. The summed E-state index contributed by atoms with van der Waals surface area (Å²) in [5.41, 5.74) is 4.77. The number of amides is 4. The van der Waals surface area contributed by atoms with Crippen molar-refractivity contribution in [3.05, 3.63) is 129 Å². The molecule has 5 aromatic rings. The highest BCUT2D eigenvalue weighted by atomic mass is 35.5. The van der Waals surface area contributed by atoms with E-state index < -0.39 is 52.4 Å². The van der Waals surface area contributed by atoms with Crippen molar-refractivity contribution in [2.75, 3.05) is 13.2 Å². The Bertz CT molecular complexity index is 2730. The molecule has 2 heterocycles. The van der Waals surface area contributed by atoms with E-state index in [0.29, 0.717) is 33.4 Å². The number of aryl methyl sites for hydroxylation is 1. The van der Waals surface area contributed by atoms with Gasteiger partial charge < -0.3 is 40.2 Å². The van der Waals surface area contributed by atoms with Crippen LogP contribution in [-0.2, 0) is 25.7 Å². The number of likely N-dealkylation sites (tertiary alicyclic amines) is 1. The van der Waals surface area contributed by atoms with E-state index in [-0.39, 0.29) is 50.1 Å². The molecular formula is C54H61ClN6O8S. The second-order valence-electron chi connectivity index (χ2n) is 20.4. The van der Waals surface area contributed by atoms with Gasteiger partial charge in [-0.05, 0) is 84.5 Å². The molecular weight excluding hydrogens is 928 g/mol. The molecule has 16 heteroatoms. The molecule has 4 amide bonds. The Morgan fingerprint density at radius 3 is 2.16 bits per heavy atom. The van der Waals surface area contributed by atoms with Crippen molar-refractivity contribution in [3.8, 4) is 33.8 Å². The van der Waals surface area contributed by atoms with Crippen LogP contribution >= 0.6 is 22.9 Å². The second kappa shape index (κ2) is 21.0. The average Bonchev–Trinajstić information content (AvgIpc) is 3.94. The highest BCUT2D eigenvalue weighted by Crippen LogP contribution is 2.55. The maximum atomic E-state index is 14.1. The van der Waals surface area contributed by atoms with Crippen molar-refractivity contribution in [3.63, 3.8) is 0 Å². The molecule has 368 valence electrons. The number of ether oxygens (including phenoxy) is 3. The van der Waals surface area contributed by atoms with E-state index in [1.54, 1.807) is 65.9 Å². The smallest absolute Gasteiger partial charge is 0.251 e. The zero-order chi connectivity index (χ0) is 50.7. The van der Waals surface area contributed by atoms with Crippen LogP contribution in [0, 0.1) is 34.5 Å². The predicted molar refractivity (Wildman–Crippen MR) is 268 cm³/mol. The standard InChI is InChI=1S/C54H61ClN6O8S/c1-31-45(70-30-58-31)35-12-10-33(11-13-35)27-57-48(65)43-24-38(62)28-61(43)49(66)46(52(3,4)5)59-44(63)29-67-32(2)34-14-19-39(20-15-34)68-40-21-16-36(17-22-40)47(64)60-50-53(6,7)51(54(50,8)9)69-41-23-18-37(26-56)42(55)25-41/h10-23,25,30,32,38,43,46,50-51,62H,24,27-29H2,1-9H3,(H,57,65)(H,59,63)(H,60,64)/t32-,38+,43-,46+,50?,51?/m0/s1. The molecule has 1 saturated heterocycles. The summed E-state index contributed by atoms with van der Waals surface area (Å²) in [4.78, 5) is 61.2. The Morgan fingerprint density at radius 2 is 1.57 bits per heavy atom. The zero-order valence-electron chi connectivity index (χ0n) is 41.0. The third-order valence-corrected chi connectivity index (χ3v) is 14.6. The highest BCUT2D eigenvalue weighted by Gasteiger charge is 2.64. The lowest BCUT2D eigenvalue weighted by atomic mass is 9.49. The van der Waals surface area contributed by atoms with Crippen LogP contribution in [0.1, 0.15) is 101 Å². The van der Waals surface area contributed by atoms with Crippen molar-refractivity contribution in [2.45, 2.75) is 112 Å². The minimum Gasteiger partial charge on any atom is -0.489 e. The summed E-state index contributed by atoms with van der Waals surface area (Å²) in [7, 11) is 0. The van der Waals surface area contributed by atoms with Crippen LogP contribution in [0.25, 0.3) is 10.4 Å². The maximum absolute atomic E-state index is 14.1. The molecule has 70 heavy (non-hydrogen) atoms. The molecule has 2 fully saturated rings. The number of halogens is 1. The Morgan fingerprint density at radius 1 is 0.943 bits per heavy atom. The van der Waals surface area contributed by atoms with Crippen LogP contribution in [0.3, 0.4) is 0 Å². The van der Waals surface area contributed by atoms with Crippen molar-refractivity contribution in [2.24, 2.45) is 16.2 Å². The summed E-state index contributed by atoms with van der Waals surface area (Å²) in [6.07, 6.45) is -1.53. The van der Waals surface area contributed by atoms with Gasteiger partial charge in [-0.25, -0.2) is 4.98 Å². The summed E-state index contributed by atoms with van der Waals surface area (Å²) < 4.78 is 18.4. The molecule has 2 aliphatic rings. The third-order valence-electron chi connectivity index (χ3n) is 13.3. The van der Waals surface area contributed by atoms with E-state index in [0.717, 1.165) is 27.3 Å². The number of carbonyl (C=O) groups excluding carboxylic acids is 4. The molecule has 0 unspecified atom stereocenters. The molecule has 1 aliphatic carbocycles. The van der Waals surface area contributed by atoms with Gasteiger partial charge in [-0.3, -0.25) is 19.2 Å². The van der Waals surface area contributed by atoms with E-state index in [1.165, 1.54) is 4.90 Å². The Balaban J connectivity index is 0.876. The Kier molecular flexibility index (Phi) is 15.4. The number of rotatable bonds is 16. The summed E-state index contributed by atoms with van der Waals surface area (Å²) in [6, 6.07) is 26.9. The van der Waals surface area contributed by atoms with Crippen molar-refractivity contribution in [1.29, 1.82) is 5.26 Å². The zero-order valence-corrected chi connectivity index (χ0v) is 42.5. The van der Waals surface area contributed by atoms with Crippen LogP contribution in [0.15, 0.2) is 96.5 Å². The number of nitrogens with one attached hydrogen (secondary N) is 3. The van der Waals surface area contributed by atoms with E-state index >= 15 is 0 Å². The SMILES string of the molecule is Cc1ncsc1-c1ccc(CNC(=O)[C@@H]2C[C@@H](O)CN2C(=O)[C@@H](NC(=O)CO[C@@H](C)c2ccc(Oc3ccc(C(=O)NC4C(C)(C)C(Oc5ccc(C#N)c(Cl)c5)C4(C)C)cc3)cc2)C(C)(C)C)cc1. The van der Waals surface area contributed by atoms with Gasteiger partial charge in [-0.15, -0.1) is 11.3 Å². The molecule has 1 aromatic heterocycles. The average molecular weight is 990 g/mol. The normalized spacial score (nSPS) is 20.0. The first-order valence-electron chi connectivity index (χ1n) is 23.3. The van der Waals surface area contributed by atoms with Gasteiger partial charge in [-0.2, -0.15) is 5.26 Å². The molecule has 1 aliphatic heterocycles. The summed E-state index contributed by atoms with van der Waals surface area (Å²) in [5.74, 6) is 0.0876. The van der Waals surface area contributed by atoms with Crippen molar-refractivity contribution in [1.82, 2.24) is 25.8 Å². The van der Waals surface area contributed by atoms with Gasteiger partial charge in [0.15, 0.2) is 0 Å². The molecule has 0 radical (unpaired) electrons. The molecule has 7 rings (SSSR count). The van der Waals surface area contributed by atoms with E-state index in [1.807, 2.05) is 76.5 Å². The number of aromatic nitrogens is 1. The van der Waals surface area contributed by atoms with Gasteiger partial charge in [0.2, 0.25) is 17.7 Å². The van der Waals surface area contributed by atoms with Crippen LogP contribution in [0.5, 0.6) is 17.2 Å². The number of aliphatic hydroxyl groups is 1. The highest BCUT2D eigenvalue weighted by molar-refractivity contribution is 7.13.